The molecule has 254 valence electrons. The summed E-state index contributed by atoms with van der Waals surface area (Å²) < 4.78 is 0.919. The van der Waals surface area contributed by atoms with E-state index in [-0.39, 0.29) is 56.7 Å². The van der Waals surface area contributed by atoms with E-state index in [4.69, 9.17) is 28.9 Å². The van der Waals surface area contributed by atoms with Crippen molar-refractivity contribution in [2.45, 2.75) is 50.5 Å². The van der Waals surface area contributed by atoms with E-state index in [2.05, 4.69) is 16.9 Å². The highest BCUT2D eigenvalue weighted by molar-refractivity contribution is 7.22. The average Bonchev–Trinajstić information content (AvgIpc) is 3.77. The molecule has 4 amide bonds. The maximum atomic E-state index is 14.4. The molecule has 49 heavy (non-hydrogen) atoms. The summed E-state index contributed by atoms with van der Waals surface area (Å²) in [6, 6.07) is 15.1. The first-order valence-electron chi connectivity index (χ1n) is 16.0. The Morgan fingerprint density at radius 3 is 2.67 bits per heavy atom. The van der Waals surface area contributed by atoms with Crippen LogP contribution < -0.4 is 11.1 Å². The van der Waals surface area contributed by atoms with Crippen LogP contribution in [0.3, 0.4) is 0 Å². The quantitative estimate of drug-likeness (QED) is 0.184. The predicted octanol–water partition coefficient (Wildman–Crippen LogP) is 5.50. The van der Waals surface area contributed by atoms with Crippen molar-refractivity contribution < 1.29 is 19.5 Å². The number of fused-ring (bicyclic) bond motifs is 2. The summed E-state index contributed by atoms with van der Waals surface area (Å²) in [6.07, 6.45) is 3.23. The fourth-order valence-corrected chi connectivity index (χ4v) is 7.87. The van der Waals surface area contributed by atoms with Gasteiger partial charge in [0.05, 0.1) is 39.9 Å². The van der Waals surface area contributed by atoms with E-state index in [1.807, 2.05) is 24.3 Å². The highest BCUT2D eigenvalue weighted by Crippen LogP contribution is 2.44. The average molecular weight is 721 g/mol. The van der Waals surface area contributed by atoms with Crippen LogP contribution in [0.25, 0.3) is 10.2 Å². The number of benzene rings is 3. The topological polar surface area (TPSA) is 135 Å². The highest BCUT2D eigenvalue weighted by atomic mass is 35.5. The molecule has 1 aromatic heterocycles. The Morgan fingerprint density at radius 2 is 1.92 bits per heavy atom. The largest absolute Gasteiger partial charge is 0.508 e. The van der Waals surface area contributed by atoms with Crippen LogP contribution in [0.5, 0.6) is 5.75 Å². The summed E-state index contributed by atoms with van der Waals surface area (Å²) in [7, 11) is 0. The Labute approximate surface area is 297 Å². The first kappa shape index (κ1) is 33.2. The van der Waals surface area contributed by atoms with Gasteiger partial charge < -0.3 is 26.0 Å². The normalized spacial score (nSPS) is 19.4. The van der Waals surface area contributed by atoms with Gasteiger partial charge in [0, 0.05) is 19.5 Å². The van der Waals surface area contributed by atoms with Gasteiger partial charge in [0.1, 0.15) is 18.0 Å². The first-order valence-corrected chi connectivity index (χ1v) is 17.6. The summed E-state index contributed by atoms with van der Waals surface area (Å²) in [6.45, 7) is 4.47. The number of carbonyl (C=O) groups excluding carboxylic acids is 3. The Bertz CT molecular complexity index is 1970. The van der Waals surface area contributed by atoms with Crippen molar-refractivity contribution in [1.29, 1.82) is 0 Å². The van der Waals surface area contributed by atoms with E-state index in [1.54, 1.807) is 51.2 Å². The van der Waals surface area contributed by atoms with E-state index >= 15 is 0 Å². The maximum Gasteiger partial charge on any atom is 0.332 e. The van der Waals surface area contributed by atoms with Crippen molar-refractivity contribution in [3.63, 3.8) is 0 Å². The number of nitrogens with two attached hydrogens (primary N) is 1. The van der Waals surface area contributed by atoms with Crippen LogP contribution in [0.1, 0.15) is 41.0 Å². The zero-order chi connectivity index (χ0) is 34.4. The maximum absolute atomic E-state index is 14.4. The molecule has 0 radical (unpaired) electrons. The molecule has 1 saturated carbocycles. The van der Waals surface area contributed by atoms with Crippen molar-refractivity contribution in [2.24, 2.45) is 0 Å². The molecule has 2 atom stereocenters. The van der Waals surface area contributed by atoms with Crippen LogP contribution in [0.15, 0.2) is 67.3 Å². The third-order valence-corrected chi connectivity index (χ3v) is 10.8. The van der Waals surface area contributed by atoms with E-state index in [9.17, 15) is 19.5 Å². The molecule has 4 aromatic rings. The standard InChI is InChI=1S/C35H35Cl2N7O4S/c1-2-12-42(35(48)39-16-21-6-10-25(36)26(37)14-21)43-19-31(46)44-27(15-20-7-11-28(45)24(13-20)22-8-9-22)33(47)41(18-30(43)44)17-23-4-3-5-29-32(23)40-34(38)49-29/h2-7,10-11,13-14,22,27,30,45H,1,8-9,12,15-19H2,(H2,38,40)(H,39,48)/t27-,30+/m0/s1. The molecular weight excluding hydrogens is 685 g/mol. The fraction of sp³-hybridized carbons (Fsp3) is 0.314. The number of amides is 4. The van der Waals surface area contributed by atoms with Gasteiger partial charge in [-0.3, -0.25) is 14.6 Å². The van der Waals surface area contributed by atoms with Crippen LogP contribution in [0.2, 0.25) is 10.0 Å². The Hall–Kier alpha value is -4.36. The second kappa shape index (κ2) is 13.5. The number of phenols is 1. The number of urea groups is 1. The number of halogens is 2. The molecule has 1 aliphatic carbocycles. The molecular formula is C35H35Cl2N7O4S. The minimum absolute atomic E-state index is 0.0998. The van der Waals surface area contributed by atoms with Gasteiger partial charge in [0.2, 0.25) is 11.8 Å². The van der Waals surface area contributed by atoms with Crippen molar-refractivity contribution in [2.75, 3.05) is 25.4 Å². The Balaban J connectivity index is 1.20. The number of nitrogen functional groups attached to an aromatic ring is 1. The fourth-order valence-electron chi connectivity index (χ4n) is 6.77. The van der Waals surface area contributed by atoms with Crippen molar-refractivity contribution in [3.05, 3.63) is 99.6 Å². The van der Waals surface area contributed by atoms with Gasteiger partial charge in [-0.15, -0.1) is 6.58 Å². The summed E-state index contributed by atoms with van der Waals surface area (Å²) in [5, 5.41) is 17.8. The third kappa shape index (κ3) is 6.65. The molecule has 3 fully saturated rings. The van der Waals surface area contributed by atoms with Crippen LogP contribution in [-0.2, 0) is 29.1 Å². The minimum atomic E-state index is -0.836. The summed E-state index contributed by atoms with van der Waals surface area (Å²) in [5.41, 5.74) is 10.1. The number of rotatable bonds is 10. The Kier molecular flexibility index (Phi) is 9.14. The molecule has 0 spiro atoms. The van der Waals surface area contributed by atoms with E-state index in [0.29, 0.717) is 21.1 Å². The third-order valence-electron chi connectivity index (χ3n) is 9.26. The SMILES string of the molecule is C=CCN(C(=O)NCc1ccc(Cl)c(Cl)c1)N1CC(=O)N2[C@@H](Cc3ccc(O)c(C4CC4)c3)C(=O)N(Cc3cccc4sc(N)nc34)C[C@@H]21. The smallest absolute Gasteiger partial charge is 0.332 e. The van der Waals surface area contributed by atoms with Crippen LogP contribution >= 0.6 is 34.5 Å². The number of anilines is 1. The molecule has 0 unspecified atom stereocenters. The zero-order valence-electron chi connectivity index (χ0n) is 26.5. The predicted molar refractivity (Wildman–Crippen MR) is 190 cm³/mol. The molecule has 2 aliphatic heterocycles. The van der Waals surface area contributed by atoms with Crippen LogP contribution in [0, 0.1) is 0 Å². The lowest BCUT2D eigenvalue weighted by molar-refractivity contribution is -0.157. The van der Waals surface area contributed by atoms with Crippen LogP contribution in [0.4, 0.5) is 9.93 Å². The van der Waals surface area contributed by atoms with Crippen molar-refractivity contribution in [3.8, 4) is 5.75 Å². The lowest BCUT2D eigenvalue weighted by Crippen LogP contribution is -2.66. The summed E-state index contributed by atoms with van der Waals surface area (Å²) in [5.74, 6) is 0.0831. The van der Waals surface area contributed by atoms with E-state index < -0.39 is 18.2 Å². The number of hydrazine groups is 1. The molecule has 3 aliphatic rings. The number of piperazine rings is 1. The van der Waals surface area contributed by atoms with Gasteiger partial charge in [-0.2, -0.15) is 5.01 Å². The number of thiazole rings is 1. The molecule has 4 N–H and O–H groups in total. The molecule has 11 nitrogen and oxygen atoms in total. The monoisotopic (exact) mass is 719 g/mol. The van der Waals surface area contributed by atoms with Crippen LogP contribution in [-0.4, -0.2) is 79.6 Å². The second-order valence-corrected chi connectivity index (χ2v) is 14.5. The molecule has 2 saturated heterocycles. The Morgan fingerprint density at radius 1 is 1.12 bits per heavy atom. The van der Waals surface area contributed by atoms with Gasteiger partial charge in [0.25, 0.3) is 0 Å². The van der Waals surface area contributed by atoms with Gasteiger partial charge in [-0.1, -0.05) is 70.9 Å². The molecule has 7 rings (SSSR count). The van der Waals surface area contributed by atoms with Crippen molar-refractivity contribution >= 4 is 67.7 Å². The number of carbonyl (C=O) groups is 3. The summed E-state index contributed by atoms with van der Waals surface area (Å²) in [4.78, 5) is 49.9. The number of aromatic hydroxyl groups is 1. The minimum Gasteiger partial charge on any atom is -0.508 e. The molecule has 0 bridgehead atoms. The number of nitrogens with one attached hydrogen (secondary N) is 1. The van der Waals surface area contributed by atoms with Gasteiger partial charge >= 0.3 is 6.03 Å². The first-order chi connectivity index (χ1) is 23.6. The number of aromatic nitrogens is 1. The van der Waals surface area contributed by atoms with E-state index in [0.717, 1.165) is 45.3 Å². The zero-order valence-corrected chi connectivity index (χ0v) is 28.8. The number of hydrogen-bond donors (Lipinski definition) is 3. The number of phenolic OH excluding ortho intramolecular Hbond substituents is 1. The lowest BCUT2D eigenvalue weighted by Gasteiger charge is -2.46. The van der Waals surface area contributed by atoms with Gasteiger partial charge in [0.15, 0.2) is 5.13 Å². The lowest BCUT2D eigenvalue weighted by atomic mass is 9.97. The van der Waals surface area contributed by atoms with Gasteiger partial charge in [-0.05, 0) is 65.3 Å². The number of nitrogens with zero attached hydrogens (tertiary/aromatic N) is 5. The van der Waals surface area contributed by atoms with E-state index in [1.165, 1.54) is 16.3 Å². The molecule has 3 heterocycles. The molecule has 14 heteroatoms. The number of para-hydroxylation sites is 1. The number of hydrogen-bond acceptors (Lipinski definition) is 8. The molecule has 3 aromatic carbocycles. The van der Waals surface area contributed by atoms with Gasteiger partial charge in [-0.25, -0.2) is 9.78 Å². The second-order valence-electron chi connectivity index (χ2n) is 12.6. The van der Waals surface area contributed by atoms with Crippen molar-refractivity contribution in [1.82, 2.24) is 30.1 Å². The summed E-state index contributed by atoms with van der Waals surface area (Å²) >= 11 is 13.6. The highest BCUT2D eigenvalue weighted by Gasteiger charge is 2.52.